The first kappa shape index (κ1) is 33.7. The number of carboxylic acid groups (broad SMARTS) is 1. The van der Waals surface area contributed by atoms with Crippen LogP contribution >= 0.6 is 35.1 Å². The normalized spacial score (nSPS) is 13.7. The Bertz CT molecular complexity index is 1890. The van der Waals surface area contributed by atoms with Crippen LogP contribution in [0.2, 0.25) is 0 Å². The molecule has 3 heterocycles. The van der Waals surface area contributed by atoms with E-state index in [1.165, 1.54) is 15.3 Å². The summed E-state index contributed by atoms with van der Waals surface area (Å²) in [5.74, 6) is 0.883. The molecular weight excluding hydrogens is 658 g/mol. The van der Waals surface area contributed by atoms with E-state index in [1.807, 2.05) is 24.3 Å². The largest absolute Gasteiger partial charge is 0.488 e. The molecule has 6 aromatic rings. The van der Waals surface area contributed by atoms with Crippen molar-refractivity contribution in [1.82, 2.24) is 4.90 Å². The summed E-state index contributed by atoms with van der Waals surface area (Å²) in [7, 11) is 0. The number of halogens is 1. The van der Waals surface area contributed by atoms with Crippen LogP contribution in [0.3, 0.4) is 0 Å². The van der Waals surface area contributed by atoms with Crippen molar-refractivity contribution in [3.05, 3.63) is 135 Å². The molecule has 0 unspecified atom stereocenters. The predicted octanol–water partition coefficient (Wildman–Crippen LogP) is 10.3. The number of piperidine rings is 1. The molecule has 1 saturated heterocycles. The number of likely N-dealkylation sites (tertiary alicyclic amines) is 1. The smallest absolute Gasteiger partial charge is 0.306 e. The van der Waals surface area contributed by atoms with E-state index < -0.39 is 5.97 Å². The van der Waals surface area contributed by atoms with E-state index in [-0.39, 0.29) is 18.3 Å². The number of benzene rings is 4. The molecule has 0 amide bonds. The Kier molecular flexibility index (Phi) is 11.1. The molecule has 7 rings (SSSR count). The average Bonchev–Trinajstić information content (AvgIpc) is 3.78. The monoisotopic (exact) mass is 695 g/mol. The third kappa shape index (κ3) is 7.61. The van der Waals surface area contributed by atoms with E-state index in [4.69, 9.17) is 9.47 Å². The second-order valence-electron chi connectivity index (χ2n) is 11.9. The predicted molar refractivity (Wildman–Crippen MR) is 201 cm³/mol. The zero-order valence-corrected chi connectivity index (χ0v) is 29.0. The third-order valence-electron chi connectivity index (χ3n) is 8.98. The van der Waals surface area contributed by atoms with Gasteiger partial charge in [0.2, 0.25) is 0 Å². The van der Waals surface area contributed by atoms with E-state index in [9.17, 15) is 9.90 Å². The number of nitrogens with zero attached hydrogens (tertiary/aromatic N) is 1. The molecule has 1 aliphatic heterocycles. The minimum Gasteiger partial charge on any atom is -0.488 e. The number of aliphatic carboxylic acids is 1. The minimum absolute atomic E-state index is 0. The molecule has 0 aliphatic carbocycles. The van der Waals surface area contributed by atoms with Crippen molar-refractivity contribution in [3.63, 3.8) is 0 Å². The molecule has 4 aromatic carbocycles. The van der Waals surface area contributed by atoms with E-state index in [0.29, 0.717) is 26.1 Å². The summed E-state index contributed by atoms with van der Waals surface area (Å²) in [6.07, 6.45) is 4.67. The van der Waals surface area contributed by atoms with Gasteiger partial charge in [-0.2, -0.15) is 0 Å². The number of ether oxygens (including phenoxy) is 2. The maximum atomic E-state index is 11.5. The fourth-order valence-electron chi connectivity index (χ4n) is 6.41. The highest BCUT2D eigenvalue weighted by atomic mass is 35.5. The van der Waals surface area contributed by atoms with Crippen LogP contribution < -0.4 is 9.47 Å². The van der Waals surface area contributed by atoms with Crippen molar-refractivity contribution in [2.75, 3.05) is 19.6 Å². The first-order valence-corrected chi connectivity index (χ1v) is 17.9. The highest BCUT2D eigenvalue weighted by Gasteiger charge is 2.24. The van der Waals surface area contributed by atoms with Crippen LogP contribution in [0.25, 0.3) is 27.1 Å². The lowest BCUT2D eigenvalue weighted by atomic mass is 9.97. The number of fused-ring (bicyclic) bond motifs is 2. The Balaban J connectivity index is 0.00000401. The van der Waals surface area contributed by atoms with Crippen LogP contribution in [-0.4, -0.2) is 35.6 Å². The maximum absolute atomic E-state index is 11.5. The summed E-state index contributed by atoms with van der Waals surface area (Å²) in [4.78, 5) is 16.3. The number of carboxylic acids is 1. The standard InChI is InChI=1S/C40H37NO4S2.ClH/c42-40(43)30-17-22-41(23-18-30)21-7-14-35(38-31(19-24-46-38)26-44-36-15-5-10-28-8-1-3-12-33(28)36)39-32(20-25-47-39)27-45-37-16-6-11-29-9-2-4-13-34(29)37;/h1-6,8-16,19-20,24-25,30H,7,17-18,21-23,26-27H2,(H,42,43);1H. The number of hydrogen-bond acceptors (Lipinski definition) is 6. The van der Waals surface area contributed by atoms with Gasteiger partial charge < -0.3 is 19.5 Å². The SMILES string of the molecule is Cl.O=C(O)C1CCN(CCC=C(c2sccc2COc2cccc3ccccc23)c2sccc2COc2cccc3ccccc23)CC1. The first-order valence-electron chi connectivity index (χ1n) is 16.1. The average molecular weight is 696 g/mol. The summed E-state index contributed by atoms with van der Waals surface area (Å²) in [5, 5.41) is 18.3. The van der Waals surface area contributed by atoms with Crippen molar-refractivity contribution in [3.8, 4) is 11.5 Å². The lowest BCUT2D eigenvalue weighted by Gasteiger charge is -2.29. The van der Waals surface area contributed by atoms with Crippen molar-refractivity contribution in [2.24, 2.45) is 5.92 Å². The Morgan fingerprint density at radius 2 is 1.23 bits per heavy atom. The summed E-state index contributed by atoms with van der Waals surface area (Å²) >= 11 is 3.50. The molecule has 8 heteroatoms. The van der Waals surface area contributed by atoms with Gasteiger partial charge in [-0.1, -0.05) is 78.9 Å². The molecule has 1 N–H and O–H groups in total. The highest BCUT2D eigenvalue weighted by molar-refractivity contribution is 7.14. The Labute approximate surface area is 295 Å². The van der Waals surface area contributed by atoms with Crippen LogP contribution in [0.15, 0.2) is 114 Å². The van der Waals surface area contributed by atoms with Crippen molar-refractivity contribution in [1.29, 1.82) is 0 Å². The number of rotatable bonds is 12. The zero-order chi connectivity index (χ0) is 32.0. The van der Waals surface area contributed by atoms with Crippen LogP contribution in [0.1, 0.15) is 40.1 Å². The van der Waals surface area contributed by atoms with Gasteiger partial charge in [-0.3, -0.25) is 4.79 Å². The molecule has 246 valence electrons. The Hall–Kier alpha value is -4.14. The summed E-state index contributed by atoms with van der Waals surface area (Å²) in [6, 6.07) is 33.4. The highest BCUT2D eigenvalue weighted by Crippen LogP contribution is 2.38. The summed E-state index contributed by atoms with van der Waals surface area (Å²) in [6.45, 7) is 3.50. The second kappa shape index (κ2) is 15.8. The number of hydrogen-bond donors (Lipinski definition) is 1. The molecule has 0 atom stereocenters. The second-order valence-corrected chi connectivity index (χ2v) is 13.8. The van der Waals surface area contributed by atoms with Crippen LogP contribution in [0.5, 0.6) is 11.5 Å². The maximum Gasteiger partial charge on any atom is 0.306 e. The molecule has 0 radical (unpaired) electrons. The van der Waals surface area contributed by atoms with Gasteiger partial charge in [0.25, 0.3) is 0 Å². The quantitative estimate of drug-likeness (QED) is 0.138. The first-order chi connectivity index (χ1) is 23.1. The Morgan fingerprint density at radius 1 is 0.729 bits per heavy atom. The van der Waals surface area contributed by atoms with Crippen molar-refractivity contribution >= 4 is 68.2 Å². The van der Waals surface area contributed by atoms with Gasteiger partial charge in [-0.25, -0.2) is 0 Å². The van der Waals surface area contributed by atoms with Crippen molar-refractivity contribution in [2.45, 2.75) is 32.5 Å². The topological polar surface area (TPSA) is 59.0 Å². The lowest BCUT2D eigenvalue weighted by molar-refractivity contribution is -0.143. The molecule has 0 saturated carbocycles. The molecule has 48 heavy (non-hydrogen) atoms. The summed E-state index contributed by atoms with van der Waals surface area (Å²) < 4.78 is 13.0. The van der Waals surface area contributed by atoms with Gasteiger partial charge in [0.15, 0.2) is 0 Å². The van der Waals surface area contributed by atoms with E-state index in [0.717, 1.165) is 70.2 Å². The van der Waals surface area contributed by atoms with Crippen molar-refractivity contribution < 1.29 is 19.4 Å². The van der Waals surface area contributed by atoms with Gasteiger partial charge in [-0.15, -0.1) is 35.1 Å². The van der Waals surface area contributed by atoms with Gasteiger partial charge in [-0.05, 0) is 78.2 Å². The molecule has 1 fully saturated rings. The molecular formula is C40H38ClNO4S2. The van der Waals surface area contributed by atoms with E-state index in [1.54, 1.807) is 22.7 Å². The van der Waals surface area contributed by atoms with E-state index in [2.05, 4.69) is 94.5 Å². The molecule has 1 aliphatic rings. The summed E-state index contributed by atoms with van der Waals surface area (Å²) in [5.41, 5.74) is 3.53. The van der Waals surface area contributed by atoms with Gasteiger partial charge >= 0.3 is 5.97 Å². The lowest BCUT2D eigenvalue weighted by Crippen LogP contribution is -2.36. The Morgan fingerprint density at radius 3 is 1.75 bits per heavy atom. The van der Waals surface area contributed by atoms with E-state index >= 15 is 0 Å². The van der Waals surface area contributed by atoms with Gasteiger partial charge in [0.1, 0.15) is 24.7 Å². The van der Waals surface area contributed by atoms with Crippen LogP contribution in [-0.2, 0) is 18.0 Å². The third-order valence-corrected chi connectivity index (χ3v) is 11.0. The van der Waals surface area contributed by atoms with Crippen LogP contribution in [0, 0.1) is 5.92 Å². The van der Waals surface area contributed by atoms with Gasteiger partial charge in [0.05, 0.1) is 5.92 Å². The molecule has 0 spiro atoms. The number of thiophene rings is 2. The minimum atomic E-state index is -0.668. The molecule has 2 aromatic heterocycles. The fourth-order valence-corrected chi connectivity index (χ4v) is 8.39. The molecule has 0 bridgehead atoms. The van der Waals surface area contributed by atoms with Gasteiger partial charge in [0, 0.05) is 43.8 Å². The van der Waals surface area contributed by atoms with Crippen LogP contribution in [0.4, 0.5) is 0 Å². The molecule has 5 nitrogen and oxygen atoms in total. The fraction of sp³-hybridized carbons (Fsp3) is 0.225. The zero-order valence-electron chi connectivity index (χ0n) is 26.5. The number of carbonyl (C=O) groups is 1.